The third-order valence-electron chi connectivity index (χ3n) is 4.05. The molecule has 120 valence electrons. The molecule has 5 nitrogen and oxygen atoms in total. The molecule has 0 fully saturated rings. The maximum absolute atomic E-state index is 11.8. The number of pyridine rings is 1. The molecule has 3 rings (SSSR count). The number of hydrogen-bond donors (Lipinski definition) is 3. The number of aromatic nitrogens is 1. The van der Waals surface area contributed by atoms with Gasteiger partial charge < -0.3 is 16.6 Å². The predicted octanol–water partition coefficient (Wildman–Crippen LogP) is 3.11. The van der Waals surface area contributed by atoms with E-state index in [9.17, 15) is 9.90 Å². The van der Waals surface area contributed by atoms with Gasteiger partial charge in [-0.05, 0) is 59.5 Å². The molecule has 0 aliphatic heterocycles. The number of nitrogens with two attached hydrogens (primary N) is 2. The first kappa shape index (κ1) is 15.6. The zero-order chi connectivity index (χ0) is 17.3. The van der Waals surface area contributed by atoms with Gasteiger partial charge in [0.25, 0.3) is 5.91 Å². The highest BCUT2D eigenvalue weighted by molar-refractivity contribution is 6.03. The number of nitrogen functional groups attached to an aromatic ring is 1. The lowest BCUT2D eigenvalue weighted by atomic mass is 9.92. The summed E-state index contributed by atoms with van der Waals surface area (Å²) in [5, 5.41) is 9.98. The van der Waals surface area contributed by atoms with Gasteiger partial charge in [-0.1, -0.05) is 12.1 Å². The van der Waals surface area contributed by atoms with Gasteiger partial charge in [-0.15, -0.1) is 0 Å². The van der Waals surface area contributed by atoms with E-state index in [-0.39, 0.29) is 11.3 Å². The monoisotopic (exact) mass is 319 g/mol. The molecule has 0 aliphatic carbocycles. The van der Waals surface area contributed by atoms with E-state index < -0.39 is 5.91 Å². The molecule has 0 aliphatic rings. The van der Waals surface area contributed by atoms with Crippen LogP contribution in [-0.4, -0.2) is 16.0 Å². The fourth-order valence-corrected chi connectivity index (χ4v) is 2.71. The lowest BCUT2D eigenvalue weighted by molar-refractivity contribution is 0.100. The van der Waals surface area contributed by atoms with Crippen LogP contribution in [0.15, 0.2) is 54.9 Å². The molecule has 0 atom stereocenters. The average Bonchev–Trinajstić information content (AvgIpc) is 2.58. The van der Waals surface area contributed by atoms with Crippen molar-refractivity contribution in [1.29, 1.82) is 0 Å². The highest BCUT2D eigenvalue weighted by Gasteiger charge is 2.16. The van der Waals surface area contributed by atoms with E-state index in [0.717, 1.165) is 16.7 Å². The van der Waals surface area contributed by atoms with Crippen LogP contribution in [0.2, 0.25) is 0 Å². The van der Waals surface area contributed by atoms with Gasteiger partial charge in [0, 0.05) is 18.0 Å². The Labute approximate surface area is 139 Å². The Bertz CT molecular complexity index is 921. The molecule has 5 N–H and O–H groups in total. The van der Waals surface area contributed by atoms with Gasteiger partial charge in [0.05, 0.1) is 11.3 Å². The zero-order valence-electron chi connectivity index (χ0n) is 13.2. The molecule has 0 saturated heterocycles. The van der Waals surface area contributed by atoms with Crippen LogP contribution in [0.1, 0.15) is 15.9 Å². The first-order valence-electron chi connectivity index (χ1n) is 7.41. The van der Waals surface area contributed by atoms with Crippen molar-refractivity contribution < 1.29 is 9.90 Å². The highest BCUT2D eigenvalue weighted by atomic mass is 16.3. The third-order valence-corrected chi connectivity index (χ3v) is 4.05. The second-order valence-corrected chi connectivity index (χ2v) is 5.53. The summed E-state index contributed by atoms with van der Waals surface area (Å²) >= 11 is 0. The number of primary amides is 1. The van der Waals surface area contributed by atoms with Crippen LogP contribution in [0.5, 0.6) is 5.75 Å². The molecule has 24 heavy (non-hydrogen) atoms. The minimum atomic E-state index is -0.595. The number of carbonyl (C=O) groups is 1. The Balaban J connectivity index is 2.31. The summed E-state index contributed by atoms with van der Waals surface area (Å²) in [5.41, 5.74) is 16.0. The number of rotatable bonds is 3. The SMILES string of the molecule is Cc1c(O)cccc1-c1cc(-c2ccncc2)cc(C(N)=O)c1N. The molecule has 2 aromatic carbocycles. The van der Waals surface area contributed by atoms with Gasteiger partial charge in [-0.2, -0.15) is 0 Å². The van der Waals surface area contributed by atoms with Crippen molar-refractivity contribution in [1.82, 2.24) is 4.98 Å². The summed E-state index contributed by atoms with van der Waals surface area (Å²) in [4.78, 5) is 15.8. The first-order valence-corrected chi connectivity index (χ1v) is 7.41. The Kier molecular flexibility index (Phi) is 3.92. The topological polar surface area (TPSA) is 102 Å². The van der Waals surface area contributed by atoms with Gasteiger partial charge in [0.15, 0.2) is 0 Å². The molecule has 0 bridgehead atoms. The summed E-state index contributed by atoms with van der Waals surface area (Å²) in [6.07, 6.45) is 3.35. The Morgan fingerprint density at radius 2 is 1.75 bits per heavy atom. The van der Waals surface area contributed by atoms with Crippen molar-refractivity contribution in [2.24, 2.45) is 5.73 Å². The number of benzene rings is 2. The molecule has 0 spiro atoms. The number of phenols is 1. The predicted molar refractivity (Wildman–Crippen MR) is 94.4 cm³/mol. The smallest absolute Gasteiger partial charge is 0.250 e. The summed E-state index contributed by atoms with van der Waals surface area (Å²) in [6.45, 7) is 1.80. The van der Waals surface area contributed by atoms with Crippen LogP contribution >= 0.6 is 0 Å². The normalized spacial score (nSPS) is 10.5. The molecule has 0 unspecified atom stereocenters. The number of hydrogen-bond acceptors (Lipinski definition) is 4. The van der Waals surface area contributed by atoms with E-state index >= 15 is 0 Å². The Morgan fingerprint density at radius 3 is 2.42 bits per heavy atom. The van der Waals surface area contributed by atoms with E-state index in [0.29, 0.717) is 16.8 Å². The second-order valence-electron chi connectivity index (χ2n) is 5.53. The highest BCUT2D eigenvalue weighted by Crippen LogP contribution is 2.37. The van der Waals surface area contributed by atoms with Gasteiger partial charge in [-0.3, -0.25) is 9.78 Å². The Hall–Kier alpha value is -3.34. The molecule has 1 heterocycles. The van der Waals surface area contributed by atoms with E-state index in [2.05, 4.69) is 4.98 Å². The fourth-order valence-electron chi connectivity index (χ4n) is 2.71. The maximum atomic E-state index is 11.8. The van der Waals surface area contributed by atoms with Crippen molar-refractivity contribution in [3.8, 4) is 28.0 Å². The average molecular weight is 319 g/mol. The lowest BCUT2D eigenvalue weighted by Crippen LogP contribution is -2.14. The van der Waals surface area contributed by atoms with E-state index in [1.807, 2.05) is 24.3 Å². The van der Waals surface area contributed by atoms with Crippen molar-refractivity contribution >= 4 is 11.6 Å². The molecular formula is C19H17N3O2. The maximum Gasteiger partial charge on any atom is 0.250 e. The second kappa shape index (κ2) is 6.04. The number of nitrogens with zero attached hydrogens (tertiary/aromatic N) is 1. The number of carbonyl (C=O) groups excluding carboxylic acids is 1. The number of anilines is 1. The summed E-state index contributed by atoms with van der Waals surface area (Å²) < 4.78 is 0. The van der Waals surface area contributed by atoms with Crippen molar-refractivity contribution in [3.05, 3.63) is 66.0 Å². The van der Waals surface area contributed by atoms with Gasteiger partial charge in [0.1, 0.15) is 5.75 Å². The van der Waals surface area contributed by atoms with Crippen LogP contribution in [-0.2, 0) is 0 Å². The standard InChI is InChI=1S/C19H17N3O2/c1-11-14(3-2-4-17(11)23)15-9-13(12-5-7-22-8-6-12)10-16(18(15)20)19(21)24/h2-10,23H,20H2,1H3,(H2,21,24). The minimum absolute atomic E-state index is 0.168. The molecule has 0 saturated carbocycles. The molecule has 5 heteroatoms. The number of aromatic hydroxyl groups is 1. The van der Waals surface area contributed by atoms with Crippen LogP contribution in [0.3, 0.4) is 0 Å². The third kappa shape index (κ3) is 2.67. The largest absolute Gasteiger partial charge is 0.508 e. The summed E-state index contributed by atoms with van der Waals surface area (Å²) in [6, 6.07) is 12.4. The van der Waals surface area contributed by atoms with Crippen LogP contribution < -0.4 is 11.5 Å². The fraction of sp³-hybridized carbons (Fsp3) is 0.0526. The molecule has 1 aromatic heterocycles. The number of phenolic OH excluding ortho intramolecular Hbond substituents is 1. The molecular weight excluding hydrogens is 302 g/mol. The quantitative estimate of drug-likeness (QED) is 0.645. The van der Waals surface area contributed by atoms with Crippen molar-refractivity contribution in [2.45, 2.75) is 6.92 Å². The van der Waals surface area contributed by atoms with E-state index in [1.165, 1.54) is 0 Å². The van der Waals surface area contributed by atoms with E-state index in [4.69, 9.17) is 11.5 Å². The van der Waals surface area contributed by atoms with Crippen LogP contribution in [0.4, 0.5) is 5.69 Å². The summed E-state index contributed by atoms with van der Waals surface area (Å²) in [5.74, 6) is -0.427. The van der Waals surface area contributed by atoms with Crippen LogP contribution in [0.25, 0.3) is 22.3 Å². The van der Waals surface area contributed by atoms with Crippen molar-refractivity contribution in [3.63, 3.8) is 0 Å². The number of amides is 1. The Morgan fingerprint density at radius 1 is 1.04 bits per heavy atom. The van der Waals surface area contributed by atoms with Gasteiger partial charge in [-0.25, -0.2) is 0 Å². The molecule has 0 radical (unpaired) electrons. The summed E-state index contributed by atoms with van der Waals surface area (Å²) in [7, 11) is 0. The molecule has 3 aromatic rings. The van der Waals surface area contributed by atoms with Crippen molar-refractivity contribution in [2.75, 3.05) is 5.73 Å². The van der Waals surface area contributed by atoms with E-state index in [1.54, 1.807) is 37.5 Å². The van der Waals surface area contributed by atoms with Gasteiger partial charge >= 0.3 is 0 Å². The zero-order valence-corrected chi connectivity index (χ0v) is 13.2. The molecule has 1 amide bonds. The van der Waals surface area contributed by atoms with Gasteiger partial charge in [0.2, 0.25) is 0 Å². The lowest BCUT2D eigenvalue weighted by Gasteiger charge is -2.15. The first-order chi connectivity index (χ1) is 11.5. The van der Waals surface area contributed by atoms with Crippen LogP contribution in [0, 0.1) is 6.92 Å². The minimum Gasteiger partial charge on any atom is -0.508 e.